The number of rotatable bonds is 1. The van der Waals surface area contributed by atoms with Crippen LogP contribution in [-0.4, -0.2) is 12.1 Å². The molecular weight excluding hydrogens is 176 g/mol. The molecule has 5 atom stereocenters. The summed E-state index contributed by atoms with van der Waals surface area (Å²) in [5.41, 5.74) is 0. The van der Waals surface area contributed by atoms with Crippen LogP contribution in [0.25, 0.3) is 0 Å². The molecule has 0 radical (unpaired) electrons. The predicted molar refractivity (Wildman–Crippen MR) is 52.5 cm³/mol. The monoisotopic (exact) mass is 192 g/mol. The smallest absolute Gasteiger partial charge is 0.302 e. The standard InChI is InChI=1S/C12H16O2/c1-7(13)14-12-6-8-5-11(12)10-4-2-3-9(8)10/h2,4,8-12H,3,5-6H2,1H3/t8-,9+,10-,11-,12-/m0/s1. The fourth-order valence-corrected chi connectivity index (χ4v) is 3.83. The molecule has 0 saturated heterocycles. The third kappa shape index (κ3) is 1.06. The van der Waals surface area contributed by atoms with Gasteiger partial charge in [0, 0.05) is 12.8 Å². The largest absolute Gasteiger partial charge is 0.462 e. The lowest BCUT2D eigenvalue weighted by atomic mass is 9.80. The van der Waals surface area contributed by atoms with Crippen LogP contribution in [0.5, 0.6) is 0 Å². The highest BCUT2D eigenvalue weighted by molar-refractivity contribution is 5.66. The second-order valence-corrected chi connectivity index (χ2v) is 4.95. The number of ether oxygens (including phenoxy) is 1. The molecule has 0 aromatic heterocycles. The van der Waals surface area contributed by atoms with Crippen LogP contribution in [0.15, 0.2) is 12.2 Å². The van der Waals surface area contributed by atoms with Crippen LogP contribution in [0.1, 0.15) is 26.2 Å². The van der Waals surface area contributed by atoms with Crippen molar-refractivity contribution in [2.24, 2.45) is 23.7 Å². The van der Waals surface area contributed by atoms with Gasteiger partial charge in [-0.1, -0.05) is 12.2 Å². The van der Waals surface area contributed by atoms with Gasteiger partial charge in [-0.3, -0.25) is 4.79 Å². The number of carbonyl (C=O) groups excluding carboxylic acids is 1. The molecule has 0 aromatic carbocycles. The third-order valence-electron chi connectivity index (χ3n) is 4.27. The van der Waals surface area contributed by atoms with Crippen LogP contribution in [-0.2, 0) is 9.53 Å². The first-order valence-electron chi connectivity index (χ1n) is 5.59. The number of allylic oxidation sites excluding steroid dienone is 2. The van der Waals surface area contributed by atoms with Crippen molar-refractivity contribution in [3.63, 3.8) is 0 Å². The average Bonchev–Trinajstić information content (AvgIpc) is 2.68. The van der Waals surface area contributed by atoms with Crippen molar-refractivity contribution in [3.8, 4) is 0 Å². The third-order valence-corrected chi connectivity index (χ3v) is 4.27. The Morgan fingerprint density at radius 1 is 1.36 bits per heavy atom. The van der Waals surface area contributed by atoms with Crippen molar-refractivity contribution in [2.75, 3.05) is 0 Å². The van der Waals surface area contributed by atoms with E-state index < -0.39 is 0 Å². The van der Waals surface area contributed by atoms with E-state index >= 15 is 0 Å². The number of hydrogen-bond acceptors (Lipinski definition) is 2. The van der Waals surface area contributed by atoms with Gasteiger partial charge in [-0.15, -0.1) is 0 Å². The quantitative estimate of drug-likeness (QED) is 0.470. The molecule has 14 heavy (non-hydrogen) atoms. The molecule has 0 aromatic rings. The van der Waals surface area contributed by atoms with Gasteiger partial charge in [-0.2, -0.15) is 0 Å². The van der Waals surface area contributed by atoms with Crippen LogP contribution in [0.2, 0.25) is 0 Å². The van der Waals surface area contributed by atoms with Gasteiger partial charge >= 0.3 is 5.97 Å². The Labute approximate surface area is 84.3 Å². The Morgan fingerprint density at radius 2 is 2.21 bits per heavy atom. The summed E-state index contributed by atoms with van der Waals surface area (Å²) in [4.78, 5) is 10.9. The van der Waals surface area contributed by atoms with E-state index in [1.54, 1.807) is 0 Å². The van der Waals surface area contributed by atoms with Gasteiger partial charge < -0.3 is 4.74 Å². The molecule has 0 amide bonds. The summed E-state index contributed by atoms with van der Waals surface area (Å²) in [6.07, 6.45) is 8.56. The first-order chi connectivity index (χ1) is 6.75. The number of hydrogen-bond donors (Lipinski definition) is 0. The van der Waals surface area contributed by atoms with Crippen LogP contribution in [0, 0.1) is 23.7 Å². The van der Waals surface area contributed by atoms with E-state index in [-0.39, 0.29) is 12.1 Å². The molecule has 0 aliphatic heterocycles. The topological polar surface area (TPSA) is 26.3 Å². The zero-order valence-corrected chi connectivity index (χ0v) is 8.48. The van der Waals surface area contributed by atoms with Crippen LogP contribution in [0.4, 0.5) is 0 Å². The van der Waals surface area contributed by atoms with E-state index in [2.05, 4.69) is 12.2 Å². The summed E-state index contributed by atoms with van der Waals surface area (Å²) < 4.78 is 5.38. The molecule has 2 fully saturated rings. The Morgan fingerprint density at radius 3 is 3.00 bits per heavy atom. The zero-order valence-electron chi connectivity index (χ0n) is 8.48. The van der Waals surface area contributed by atoms with E-state index in [4.69, 9.17) is 4.74 Å². The lowest BCUT2D eigenvalue weighted by Gasteiger charge is -2.30. The maximum Gasteiger partial charge on any atom is 0.302 e. The average molecular weight is 192 g/mol. The van der Waals surface area contributed by atoms with Crippen molar-refractivity contribution >= 4 is 5.97 Å². The van der Waals surface area contributed by atoms with Gasteiger partial charge in [-0.05, 0) is 37.0 Å². The molecule has 2 heteroatoms. The summed E-state index contributed by atoms with van der Waals surface area (Å²) >= 11 is 0. The molecular formula is C12H16O2. The molecule has 76 valence electrons. The van der Waals surface area contributed by atoms with E-state index in [0.717, 1.165) is 24.2 Å². The summed E-state index contributed by atoms with van der Waals surface area (Å²) in [7, 11) is 0. The predicted octanol–water partition coefficient (Wildman–Crippen LogP) is 2.15. The summed E-state index contributed by atoms with van der Waals surface area (Å²) in [5, 5.41) is 0. The van der Waals surface area contributed by atoms with Crippen molar-refractivity contribution in [2.45, 2.75) is 32.3 Å². The minimum Gasteiger partial charge on any atom is -0.462 e. The maximum absolute atomic E-state index is 10.9. The van der Waals surface area contributed by atoms with Crippen LogP contribution in [0.3, 0.4) is 0 Å². The van der Waals surface area contributed by atoms with E-state index in [0.29, 0.717) is 5.92 Å². The number of fused-ring (bicyclic) bond motifs is 5. The summed E-state index contributed by atoms with van der Waals surface area (Å²) in [6.45, 7) is 1.52. The van der Waals surface area contributed by atoms with Gasteiger partial charge in [0.2, 0.25) is 0 Å². The first kappa shape index (κ1) is 8.51. The molecule has 2 saturated carbocycles. The van der Waals surface area contributed by atoms with Crippen molar-refractivity contribution in [1.29, 1.82) is 0 Å². The number of carbonyl (C=O) groups is 1. The van der Waals surface area contributed by atoms with Crippen LogP contribution >= 0.6 is 0 Å². The molecule has 0 unspecified atom stereocenters. The van der Waals surface area contributed by atoms with Gasteiger partial charge in [-0.25, -0.2) is 0 Å². The molecule has 3 rings (SSSR count). The minimum atomic E-state index is -0.110. The molecule has 0 N–H and O–H groups in total. The highest BCUT2D eigenvalue weighted by Crippen LogP contribution is 2.57. The Hall–Kier alpha value is -0.790. The van der Waals surface area contributed by atoms with E-state index in [1.165, 1.54) is 19.8 Å². The fourth-order valence-electron chi connectivity index (χ4n) is 3.83. The first-order valence-corrected chi connectivity index (χ1v) is 5.59. The Bertz CT molecular complexity index is 295. The summed E-state index contributed by atoms with van der Waals surface area (Å²) in [6, 6.07) is 0. The van der Waals surface area contributed by atoms with Crippen molar-refractivity contribution < 1.29 is 9.53 Å². The van der Waals surface area contributed by atoms with Crippen LogP contribution < -0.4 is 0 Å². The zero-order chi connectivity index (χ0) is 9.71. The van der Waals surface area contributed by atoms with Crippen molar-refractivity contribution in [1.82, 2.24) is 0 Å². The molecule has 2 bridgehead atoms. The van der Waals surface area contributed by atoms with E-state index in [1.807, 2.05) is 0 Å². The summed E-state index contributed by atoms with van der Waals surface area (Å²) in [5.74, 6) is 2.95. The highest BCUT2D eigenvalue weighted by atomic mass is 16.5. The second kappa shape index (κ2) is 2.85. The van der Waals surface area contributed by atoms with E-state index in [9.17, 15) is 4.79 Å². The molecule has 0 spiro atoms. The second-order valence-electron chi connectivity index (χ2n) is 4.95. The minimum absolute atomic E-state index is 0.110. The van der Waals surface area contributed by atoms with Gasteiger partial charge in [0.1, 0.15) is 6.10 Å². The molecule has 2 nitrogen and oxygen atoms in total. The molecule has 3 aliphatic carbocycles. The fraction of sp³-hybridized carbons (Fsp3) is 0.750. The Kier molecular flexibility index (Phi) is 1.73. The maximum atomic E-state index is 10.9. The lowest BCUT2D eigenvalue weighted by molar-refractivity contribution is -0.149. The van der Waals surface area contributed by atoms with Gasteiger partial charge in [0.05, 0.1) is 0 Å². The molecule has 0 heterocycles. The van der Waals surface area contributed by atoms with Gasteiger partial charge in [0.25, 0.3) is 0 Å². The van der Waals surface area contributed by atoms with Gasteiger partial charge in [0.15, 0.2) is 0 Å². The van der Waals surface area contributed by atoms with Crippen molar-refractivity contribution in [3.05, 3.63) is 12.2 Å². The highest BCUT2D eigenvalue weighted by Gasteiger charge is 2.53. The molecule has 3 aliphatic rings. The number of esters is 1. The lowest BCUT2D eigenvalue weighted by Crippen LogP contribution is -2.31. The Balaban J connectivity index is 1.76. The SMILES string of the molecule is CC(=O)O[C@H]1C[C@@H]2C[C@H]1[C@H]1C=CC[C@H]21. The normalized spacial score (nSPS) is 48.2.